The highest BCUT2D eigenvalue weighted by atomic mass is 32.2. The van der Waals surface area contributed by atoms with Crippen molar-refractivity contribution >= 4 is 15.8 Å². The summed E-state index contributed by atoms with van der Waals surface area (Å²) < 4.78 is 25.6. The molecule has 6 nitrogen and oxygen atoms in total. The fourth-order valence-corrected chi connectivity index (χ4v) is 2.89. The summed E-state index contributed by atoms with van der Waals surface area (Å²) in [4.78, 5) is 8.83. The molecular weight excluding hydrogens is 324 g/mol. The molecule has 7 heteroatoms. The van der Waals surface area contributed by atoms with Crippen molar-refractivity contribution in [1.82, 2.24) is 14.7 Å². The number of rotatable bonds is 6. The summed E-state index contributed by atoms with van der Waals surface area (Å²) >= 11 is 0. The van der Waals surface area contributed by atoms with Crippen LogP contribution in [0.3, 0.4) is 0 Å². The highest BCUT2D eigenvalue weighted by Gasteiger charge is 2.17. The first-order chi connectivity index (χ1) is 11.2. The molecule has 0 saturated heterocycles. The van der Waals surface area contributed by atoms with Crippen molar-refractivity contribution in [2.75, 3.05) is 12.4 Å². The molecule has 130 valence electrons. The van der Waals surface area contributed by atoms with E-state index in [4.69, 9.17) is 0 Å². The van der Waals surface area contributed by atoms with E-state index in [-0.39, 0.29) is 11.2 Å². The number of benzene rings is 1. The fraction of sp³-hybridized carbons (Fsp3) is 0.412. The Kier molecular flexibility index (Phi) is 5.56. The van der Waals surface area contributed by atoms with Crippen LogP contribution in [0.25, 0.3) is 0 Å². The Balaban J connectivity index is 2.08. The number of aromatic nitrogens is 2. The summed E-state index contributed by atoms with van der Waals surface area (Å²) in [5.74, 6) is 1.50. The smallest absolute Gasteiger partial charge is 0.215 e. The molecule has 0 radical (unpaired) electrons. The largest absolute Gasteiger partial charge is 0.366 e. The summed E-state index contributed by atoms with van der Waals surface area (Å²) in [6.45, 7) is 6.77. The summed E-state index contributed by atoms with van der Waals surface area (Å²) in [6, 6.07) is 9.32. The Labute approximate surface area is 143 Å². The third-order valence-electron chi connectivity index (χ3n) is 3.46. The van der Waals surface area contributed by atoms with Crippen molar-refractivity contribution in [2.45, 2.75) is 38.5 Å². The van der Waals surface area contributed by atoms with Crippen LogP contribution in [0.4, 0.5) is 5.82 Å². The van der Waals surface area contributed by atoms with Crippen LogP contribution >= 0.6 is 0 Å². The second kappa shape index (κ2) is 7.27. The Morgan fingerprint density at radius 2 is 1.83 bits per heavy atom. The quantitative estimate of drug-likeness (QED) is 0.838. The predicted molar refractivity (Wildman–Crippen MR) is 96.2 cm³/mol. The number of anilines is 1. The van der Waals surface area contributed by atoms with E-state index in [1.54, 1.807) is 12.3 Å². The van der Waals surface area contributed by atoms with Gasteiger partial charge in [-0.05, 0) is 24.2 Å². The molecule has 0 aliphatic heterocycles. The van der Waals surface area contributed by atoms with Gasteiger partial charge < -0.3 is 5.32 Å². The van der Waals surface area contributed by atoms with Crippen molar-refractivity contribution < 1.29 is 8.42 Å². The minimum atomic E-state index is -3.27. The molecule has 0 amide bonds. The first-order valence-corrected chi connectivity index (χ1v) is 9.41. The fourth-order valence-electron chi connectivity index (χ4n) is 2.13. The van der Waals surface area contributed by atoms with Crippen molar-refractivity contribution in [3.05, 3.63) is 53.5 Å². The molecule has 2 aromatic rings. The molecule has 1 aromatic heterocycles. The molecular formula is C17H24N4O2S. The van der Waals surface area contributed by atoms with Gasteiger partial charge in [0.1, 0.15) is 11.6 Å². The number of nitrogens with one attached hydrogen (secondary N) is 2. The molecule has 0 aliphatic rings. The van der Waals surface area contributed by atoms with Crippen LogP contribution < -0.4 is 10.0 Å². The third kappa shape index (κ3) is 5.28. The lowest BCUT2D eigenvalue weighted by Crippen LogP contribution is -2.20. The monoisotopic (exact) mass is 348 g/mol. The molecule has 2 N–H and O–H groups in total. The first-order valence-electron chi connectivity index (χ1n) is 7.76. The van der Waals surface area contributed by atoms with E-state index >= 15 is 0 Å². The molecule has 0 bridgehead atoms. The minimum Gasteiger partial charge on any atom is -0.366 e. The summed E-state index contributed by atoms with van der Waals surface area (Å²) in [7, 11) is -1.85. The highest BCUT2D eigenvalue weighted by Crippen LogP contribution is 2.19. The number of nitrogens with zero attached hydrogens (tertiary/aromatic N) is 2. The lowest BCUT2D eigenvalue weighted by molar-refractivity contribution is 0.546. The Morgan fingerprint density at radius 1 is 1.12 bits per heavy atom. The Bertz CT molecular complexity index is 798. The van der Waals surface area contributed by atoms with E-state index in [9.17, 15) is 8.42 Å². The van der Waals surface area contributed by atoms with E-state index in [2.05, 4.69) is 40.8 Å². The average Bonchev–Trinajstić information content (AvgIpc) is 2.52. The summed E-state index contributed by atoms with van der Waals surface area (Å²) in [6.07, 6.45) is 1.74. The van der Waals surface area contributed by atoms with E-state index in [0.717, 1.165) is 22.8 Å². The Morgan fingerprint density at radius 3 is 2.50 bits per heavy atom. The van der Waals surface area contributed by atoms with Crippen molar-refractivity contribution in [2.24, 2.45) is 0 Å². The van der Waals surface area contributed by atoms with Crippen LogP contribution in [-0.2, 0) is 27.7 Å². The molecule has 1 heterocycles. The topological polar surface area (TPSA) is 84.0 Å². The van der Waals surface area contributed by atoms with Gasteiger partial charge in [0.2, 0.25) is 10.0 Å². The highest BCUT2D eigenvalue weighted by molar-refractivity contribution is 7.88. The van der Waals surface area contributed by atoms with Gasteiger partial charge in [0.15, 0.2) is 0 Å². The Hall–Kier alpha value is -1.99. The van der Waals surface area contributed by atoms with Crippen LogP contribution in [0.5, 0.6) is 0 Å². The molecule has 2 rings (SSSR count). The first kappa shape index (κ1) is 18.4. The van der Waals surface area contributed by atoms with E-state index in [1.807, 2.05) is 24.3 Å². The zero-order valence-corrected chi connectivity index (χ0v) is 15.3. The van der Waals surface area contributed by atoms with Gasteiger partial charge in [-0.1, -0.05) is 45.0 Å². The number of hydrogen-bond acceptors (Lipinski definition) is 5. The average molecular weight is 348 g/mol. The van der Waals surface area contributed by atoms with Crippen molar-refractivity contribution in [3.8, 4) is 0 Å². The van der Waals surface area contributed by atoms with Crippen molar-refractivity contribution in [3.63, 3.8) is 0 Å². The van der Waals surface area contributed by atoms with E-state index < -0.39 is 10.0 Å². The maximum atomic E-state index is 11.6. The van der Waals surface area contributed by atoms with Gasteiger partial charge in [-0.25, -0.2) is 23.1 Å². The van der Waals surface area contributed by atoms with Crippen LogP contribution in [0, 0.1) is 0 Å². The van der Waals surface area contributed by atoms with Gasteiger partial charge in [0.25, 0.3) is 0 Å². The van der Waals surface area contributed by atoms with Crippen LogP contribution in [0.15, 0.2) is 36.5 Å². The normalized spacial score (nSPS) is 12.2. The van der Waals surface area contributed by atoms with Crippen LogP contribution in [0.2, 0.25) is 0 Å². The molecule has 0 saturated carbocycles. The van der Waals surface area contributed by atoms with Gasteiger partial charge >= 0.3 is 0 Å². The predicted octanol–water partition coefficient (Wildman–Crippen LogP) is 2.44. The maximum Gasteiger partial charge on any atom is 0.215 e. The molecule has 24 heavy (non-hydrogen) atoms. The third-order valence-corrected chi connectivity index (χ3v) is 4.79. The number of hydrogen-bond donors (Lipinski definition) is 2. The maximum absolute atomic E-state index is 11.6. The SMILES string of the molecule is CNS(=O)(=O)Cc1cccc(CNc2ccnc(C(C)(C)C)n2)c1. The molecule has 0 aliphatic carbocycles. The molecule has 0 unspecified atom stereocenters. The lowest BCUT2D eigenvalue weighted by atomic mass is 9.96. The minimum absolute atomic E-state index is 0.0288. The van der Waals surface area contributed by atoms with Gasteiger partial charge in [0.05, 0.1) is 5.75 Å². The molecule has 0 atom stereocenters. The molecule has 0 fully saturated rings. The number of sulfonamides is 1. The summed E-state index contributed by atoms with van der Waals surface area (Å²) in [5.41, 5.74) is 1.63. The zero-order chi connectivity index (χ0) is 17.8. The van der Waals surface area contributed by atoms with Gasteiger partial charge in [-0.15, -0.1) is 0 Å². The van der Waals surface area contributed by atoms with Crippen LogP contribution in [0.1, 0.15) is 37.7 Å². The summed E-state index contributed by atoms with van der Waals surface area (Å²) in [5, 5.41) is 3.26. The lowest BCUT2D eigenvalue weighted by Gasteiger charge is -2.17. The molecule has 1 aromatic carbocycles. The van der Waals surface area contributed by atoms with Gasteiger partial charge in [-0.2, -0.15) is 0 Å². The second-order valence-corrected chi connectivity index (χ2v) is 8.58. The van der Waals surface area contributed by atoms with Gasteiger partial charge in [0, 0.05) is 18.2 Å². The second-order valence-electron chi connectivity index (χ2n) is 6.65. The standard InChI is InChI=1S/C17H24N4O2S/c1-17(2,3)16-19-9-8-15(21-16)20-11-13-6-5-7-14(10-13)12-24(22,23)18-4/h5-10,18H,11-12H2,1-4H3,(H,19,20,21). The van der Waals surface area contributed by atoms with Gasteiger partial charge in [-0.3, -0.25) is 0 Å². The van der Waals surface area contributed by atoms with Crippen LogP contribution in [-0.4, -0.2) is 25.4 Å². The molecule has 0 spiro atoms. The zero-order valence-electron chi connectivity index (χ0n) is 14.5. The van der Waals surface area contributed by atoms with E-state index in [0.29, 0.717) is 6.54 Å². The van der Waals surface area contributed by atoms with Crippen molar-refractivity contribution in [1.29, 1.82) is 0 Å². The van der Waals surface area contributed by atoms with E-state index in [1.165, 1.54) is 7.05 Å².